The van der Waals surface area contributed by atoms with Crippen LogP contribution in [0.4, 0.5) is 0 Å². The van der Waals surface area contributed by atoms with Gasteiger partial charge in [0.25, 0.3) is 0 Å². The number of allylic oxidation sites excluding steroid dienone is 3. The maximum absolute atomic E-state index is 13.9. The number of ketones is 1. The van der Waals surface area contributed by atoms with Crippen molar-refractivity contribution < 1.29 is 53.8 Å². The fourth-order valence-corrected chi connectivity index (χ4v) is 8.43. The van der Waals surface area contributed by atoms with E-state index in [0.717, 1.165) is 27.3 Å². The number of rotatable bonds is 10. The van der Waals surface area contributed by atoms with Crippen LogP contribution in [0.1, 0.15) is 92.5 Å². The molecule has 12 nitrogen and oxygen atoms in total. The van der Waals surface area contributed by atoms with Crippen LogP contribution in [0.5, 0.6) is 17.2 Å². The first kappa shape index (κ1) is 37.0. The van der Waals surface area contributed by atoms with E-state index in [4.69, 9.17) is 18.9 Å². The summed E-state index contributed by atoms with van der Waals surface area (Å²) in [7, 11) is 0. The SMILES string of the molecule is CCOC(=O)C1=C(C=O)C2=C3CCC(=O)C(C3)c3cc4c(cc3CCC(CO)COc3c5c(c(CO)c(c32)O1)OC(C(C)(O)CCCCO)C5)=NCC=4. The molecule has 2 bridgehead atoms. The van der Waals surface area contributed by atoms with Crippen LogP contribution in [0.3, 0.4) is 0 Å². The minimum absolute atomic E-state index is 0.00942. The fraction of sp³-hybridized carbons (Fsp3) is 0.512. The number of aryl methyl sites for hydroxylation is 1. The highest BCUT2D eigenvalue weighted by Crippen LogP contribution is 2.57. The minimum atomic E-state index is -1.33. The van der Waals surface area contributed by atoms with E-state index in [-0.39, 0.29) is 85.8 Å². The molecule has 0 aromatic heterocycles. The van der Waals surface area contributed by atoms with Crippen LogP contribution in [0.2, 0.25) is 0 Å². The Morgan fingerprint density at radius 1 is 1.09 bits per heavy atom. The predicted molar refractivity (Wildman–Crippen MR) is 192 cm³/mol. The molecule has 4 aliphatic heterocycles. The van der Waals surface area contributed by atoms with Crippen LogP contribution >= 0.6 is 0 Å². The third-order valence-electron chi connectivity index (χ3n) is 11.3. The zero-order valence-corrected chi connectivity index (χ0v) is 30.2. The van der Waals surface area contributed by atoms with Crippen LogP contribution in [-0.2, 0) is 38.6 Å². The number of hydrogen-bond acceptors (Lipinski definition) is 12. The van der Waals surface area contributed by atoms with Crippen molar-refractivity contribution in [3.63, 3.8) is 0 Å². The molecular weight excluding hydrogens is 682 g/mol. The van der Waals surface area contributed by atoms with Crippen LogP contribution in [0.25, 0.3) is 11.6 Å². The summed E-state index contributed by atoms with van der Waals surface area (Å²) in [6, 6.07) is 4.09. The summed E-state index contributed by atoms with van der Waals surface area (Å²) >= 11 is 0. The molecular formula is C41H47NO11. The van der Waals surface area contributed by atoms with Gasteiger partial charge in [-0.25, -0.2) is 4.79 Å². The molecule has 12 heteroatoms. The standard InChI is InChI=1S/C41H47NO11/c1-3-50-40(48)39-29(19-45)34-25-8-9-32(47)27(15-25)26-14-24-10-12-42-31(24)16-23(26)7-6-22(18-44)21-51-37-28-17-33(41(2,49)11-4-5-13-43)52-36(28)30(20-46)38(53-39)35(34)37/h10,14,16,19,22,27,33,43-44,46,49H,3-9,11-13,15,17-18,20-21H2,1-2H3. The maximum atomic E-state index is 13.9. The number of aliphatic hydroxyl groups excluding tert-OH is 3. The van der Waals surface area contributed by atoms with Gasteiger partial charge in [-0.3, -0.25) is 14.6 Å². The molecule has 7 rings (SSSR count). The lowest BCUT2D eigenvalue weighted by molar-refractivity contribution is -0.141. The maximum Gasteiger partial charge on any atom is 0.375 e. The number of hydrogen-bond donors (Lipinski definition) is 4. The van der Waals surface area contributed by atoms with Crippen molar-refractivity contribution in [2.24, 2.45) is 10.9 Å². The lowest BCUT2D eigenvalue weighted by Crippen LogP contribution is -2.42. The number of benzene rings is 2. The molecule has 282 valence electrons. The van der Waals surface area contributed by atoms with E-state index in [9.17, 15) is 34.8 Å². The van der Waals surface area contributed by atoms with Gasteiger partial charge in [0.05, 0.1) is 54.0 Å². The second-order valence-electron chi connectivity index (χ2n) is 14.8. The number of aliphatic hydroxyl groups is 4. The average molecular weight is 730 g/mol. The second-order valence-corrected chi connectivity index (χ2v) is 14.8. The molecule has 0 spiro atoms. The summed E-state index contributed by atoms with van der Waals surface area (Å²) < 4.78 is 24.8. The number of carbonyl (C=O) groups is 3. The number of unbranched alkanes of at least 4 members (excludes halogenated alkanes) is 1. The molecule has 1 fully saturated rings. The highest BCUT2D eigenvalue weighted by molar-refractivity contribution is 6.11. The van der Waals surface area contributed by atoms with E-state index in [1.165, 1.54) is 0 Å². The molecule has 0 saturated heterocycles. The first-order valence-corrected chi connectivity index (χ1v) is 18.7. The Bertz CT molecular complexity index is 2030. The van der Waals surface area contributed by atoms with Gasteiger partial charge in [-0.15, -0.1) is 0 Å². The zero-order valence-electron chi connectivity index (χ0n) is 30.2. The van der Waals surface area contributed by atoms with Crippen molar-refractivity contribution in [1.29, 1.82) is 0 Å². The van der Waals surface area contributed by atoms with Gasteiger partial charge in [0, 0.05) is 49.0 Å². The number of fused-ring (bicyclic) bond motifs is 7. The molecule has 4 unspecified atom stereocenters. The normalized spacial score (nSPS) is 22.8. The van der Waals surface area contributed by atoms with E-state index >= 15 is 0 Å². The minimum Gasteiger partial charge on any atom is -0.492 e. The monoisotopic (exact) mass is 729 g/mol. The lowest BCUT2D eigenvalue weighted by atomic mass is 9.74. The molecule has 0 amide bonds. The zero-order chi connectivity index (χ0) is 37.4. The molecule has 1 aliphatic carbocycles. The van der Waals surface area contributed by atoms with E-state index in [2.05, 4.69) is 4.99 Å². The number of esters is 1. The van der Waals surface area contributed by atoms with Crippen LogP contribution in [-0.4, -0.2) is 83.1 Å². The Balaban J connectivity index is 1.49. The number of aldehydes is 1. The molecule has 2 aromatic rings. The molecule has 0 radical (unpaired) electrons. The highest BCUT2D eigenvalue weighted by Gasteiger charge is 2.46. The van der Waals surface area contributed by atoms with Gasteiger partial charge in [-0.2, -0.15) is 0 Å². The Labute approximate surface area is 307 Å². The predicted octanol–water partition coefficient (Wildman–Crippen LogP) is 2.44. The fourth-order valence-electron chi connectivity index (χ4n) is 8.43. The van der Waals surface area contributed by atoms with Gasteiger partial charge < -0.3 is 39.4 Å². The second kappa shape index (κ2) is 15.2. The Morgan fingerprint density at radius 2 is 1.92 bits per heavy atom. The first-order valence-electron chi connectivity index (χ1n) is 18.7. The quantitative estimate of drug-likeness (QED) is 0.160. The van der Waals surface area contributed by atoms with Gasteiger partial charge in [-0.05, 0) is 87.3 Å². The molecule has 4 heterocycles. The van der Waals surface area contributed by atoms with Crippen molar-refractivity contribution in [3.05, 3.63) is 67.4 Å². The molecule has 4 N–H and O–H groups in total. The average Bonchev–Trinajstić information content (AvgIpc) is 3.81. The first-order chi connectivity index (χ1) is 25.6. The van der Waals surface area contributed by atoms with E-state index < -0.39 is 30.2 Å². The smallest absolute Gasteiger partial charge is 0.375 e. The van der Waals surface area contributed by atoms with E-state index in [1.54, 1.807) is 13.8 Å². The summed E-state index contributed by atoms with van der Waals surface area (Å²) in [6.45, 7) is 3.19. The Kier molecular flexibility index (Phi) is 10.6. The van der Waals surface area contributed by atoms with Crippen molar-refractivity contribution >= 4 is 29.7 Å². The third-order valence-corrected chi connectivity index (χ3v) is 11.3. The summed E-state index contributed by atoms with van der Waals surface area (Å²) in [5.41, 5.74) is 2.74. The van der Waals surface area contributed by atoms with Crippen LogP contribution in [0, 0.1) is 5.92 Å². The van der Waals surface area contributed by atoms with Gasteiger partial charge in [-0.1, -0.05) is 11.6 Å². The number of ether oxygens (including phenoxy) is 4. The highest BCUT2D eigenvalue weighted by atomic mass is 16.6. The summed E-state index contributed by atoms with van der Waals surface area (Å²) in [5.74, 6) is -1.40. The van der Waals surface area contributed by atoms with Gasteiger partial charge in [0.2, 0.25) is 5.76 Å². The molecule has 1 saturated carbocycles. The summed E-state index contributed by atoms with van der Waals surface area (Å²) in [4.78, 5) is 45.3. The van der Waals surface area contributed by atoms with Crippen molar-refractivity contribution in [2.75, 3.05) is 33.0 Å². The van der Waals surface area contributed by atoms with Gasteiger partial charge in [0.15, 0.2) is 6.29 Å². The molecule has 53 heavy (non-hydrogen) atoms. The topological polar surface area (TPSA) is 181 Å². The van der Waals surface area contributed by atoms with Gasteiger partial charge >= 0.3 is 5.97 Å². The number of nitrogens with zero attached hydrogens (tertiary/aromatic N) is 1. The van der Waals surface area contributed by atoms with Crippen molar-refractivity contribution in [2.45, 2.75) is 95.9 Å². The Morgan fingerprint density at radius 3 is 2.66 bits per heavy atom. The van der Waals surface area contributed by atoms with Crippen LogP contribution < -0.4 is 24.8 Å². The number of Topliss-reactive ketones (excluding diaryl/α,β-unsaturated/α-hetero) is 1. The lowest BCUT2D eigenvalue weighted by Gasteiger charge is -2.32. The van der Waals surface area contributed by atoms with Crippen molar-refractivity contribution in [3.8, 4) is 17.2 Å². The molecule has 5 aliphatic rings. The van der Waals surface area contributed by atoms with E-state index in [0.29, 0.717) is 73.8 Å². The van der Waals surface area contributed by atoms with Gasteiger partial charge in [0.1, 0.15) is 29.1 Å². The van der Waals surface area contributed by atoms with Crippen LogP contribution in [0.15, 0.2) is 34.0 Å². The molecule has 2 aromatic carbocycles. The Hall–Kier alpha value is -4.36. The third kappa shape index (κ3) is 6.71. The summed E-state index contributed by atoms with van der Waals surface area (Å²) in [5, 5.41) is 44.4. The van der Waals surface area contributed by atoms with Crippen molar-refractivity contribution in [1.82, 2.24) is 0 Å². The summed E-state index contributed by atoms with van der Waals surface area (Å²) in [6.07, 6.45) is 5.29. The largest absolute Gasteiger partial charge is 0.492 e. The number of carbonyl (C=O) groups excluding carboxylic acids is 3. The van der Waals surface area contributed by atoms with E-state index in [1.807, 2.05) is 18.2 Å². The molecule has 4 atom stereocenters.